The fourth-order valence-electron chi connectivity index (χ4n) is 2.20. The molecule has 6 nitrogen and oxygen atoms in total. The highest BCUT2D eigenvalue weighted by Gasteiger charge is 2.33. The number of amidine groups is 1. The Kier molecular flexibility index (Phi) is 5.17. The number of rotatable bonds is 5. The molecule has 1 fully saturated rings. The Balaban J connectivity index is 2.44. The molecule has 0 aromatic rings. The Labute approximate surface area is 115 Å². The lowest BCUT2D eigenvalue weighted by atomic mass is 9.90. The van der Waals surface area contributed by atoms with Gasteiger partial charge in [-0.15, -0.1) is 0 Å². The molecule has 0 radical (unpaired) electrons. The summed E-state index contributed by atoms with van der Waals surface area (Å²) in [7, 11) is 0. The molecule has 6 heteroatoms. The molecule has 0 spiro atoms. The highest BCUT2D eigenvalue weighted by molar-refractivity contribution is 6.05. The van der Waals surface area contributed by atoms with Gasteiger partial charge in [0.25, 0.3) is 0 Å². The fraction of sp³-hybridized carbons (Fsp3) is 0.846. The maximum atomic E-state index is 12.0. The molecule has 4 N–H and O–H groups in total. The third-order valence-corrected chi connectivity index (χ3v) is 3.91. The first-order valence-corrected chi connectivity index (χ1v) is 6.79. The molecule has 1 unspecified atom stereocenters. The number of amides is 1. The normalized spacial score (nSPS) is 21.9. The number of carbonyl (C=O) groups is 1. The summed E-state index contributed by atoms with van der Waals surface area (Å²) in [6, 6.07) is 0.550. The van der Waals surface area contributed by atoms with Gasteiger partial charge in [-0.1, -0.05) is 5.16 Å². The van der Waals surface area contributed by atoms with Crippen LogP contribution < -0.4 is 11.1 Å². The number of oxime groups is 1. The minimum absolute atomic E-state index is 0.0692. The van der Waals surface area contributed by atoms with E-state index in [9.17, 15) is 4.79 Å². The van der Waals surface area contributed by atoms with Crippen molar-refractivity contribution in [2.24, 2.45) is 22.2 Å². The molecule has 0 aliphatic carbocycles. The van der Waals surface area contributed by atoms with E-state index in [2.05, 4.69) is 29.2 Å². The molecular formula is C13H26N4O2. The zero-order valence-electron chi connectivity index (χ0n) is 12.3. The first-order chi connectivity index (χ1) is 8.78. The highest BCUT2D eigenvalue weighted by atomic mass is 16.4. The summed E-state index contributed by atoms with van der Waals surface area (Å²) in [5.74, 6) is 0.209. The van der Waals surface area contributed by atoms with Crippen molar-refractivity contribution in [1.82, 2.24) is 10.2 Å². The standard InChI is InChI=1S/C13H26N4O2/c1-9(2)17-6-5-10(8-17)7-15-12(18)13(3,4)11(14)16-19/h9-10,19H,5-8H2,1-4H3,(H2,14,16)(H,15,18). The Morgan fingerprint density at radius 2 is 2.21 bits per heavy atom. The lowest BCUT2D eigenvalue weighted by Crippen LogP contribution is -2.47. The maximum Gasteiger partial charge on any atom is 0.233 e. The Morgan fingerprint density at radius 3 is 2.68 bits per heavy atom. The lowest BCUT2D eigenvalue weighted by Gasteiger charge is -2.23. The summed E-state index contributed by atoms with van der Waals surface area (Å²) in [5.41, 5.74) is 4.55. The molecule has 19 heavy (non-hydrogen) atoms. The van der Waals surface area contributed by atoms with Gasteiger partial charge in [-0.2, -0.15) is 0 Å². The van der Waals surface area contributed by atoms with Crippen molar-refractivity contribution in [3.05, 3.63) is 0 Å². The van der Waals surface area contributed by atoms with Crippen LogP contribution in [0, 0.1) is 11.3 Å². The van der Waals surface area contributed by atoms with E-state index in [0.29, 0.717) is 18.5 Å². The van der Waals surface area contributed by atoms with E-state index >= 15 is 0 Å². The van der Waals surface area contributed by atoms with Crippen molar-refractivity contribution in [2.75, 3.05) is 19.6 Å². The average Bonchev–Trinajstić information content (AvgIpc) is 2.83. The van der Waals surface area contributed by atoms with Gasteiger partial charge in [-0.25, -0.2) is 0 Å². The number of likely N-dealkylation sites (tertiary alicyclic amines) is 1. The zero-order valence-corrected chi connectivity index (χ0v) is 12.3. The van der Waals surface area contributed by atoms with Crippen LogP contribution in [-0.4, -0.2) is 47.5 Å². The number of hydrogen-bond donors (Lipinski definition) is 3. The van der Waals surface area contributed by atoms with Crippen molar-refractivity contribution >= 4 is 11.7 Å². The van der Waals surface area contributed by atoms with Gasteiger partial charge < -0.3 is 21.2 Å². The van der Waals surface area contributed by atoms with E-state index < -0.39 is 5.41 Å². The third kappa shape index (κ3) is 3.83. The molecule has 0 saturated carbocycles. The van der Waals surface area contributed by atoms with E-state index in [1.807, 2.05) is 0 Å². The van der Waals surface area contributed by atoms with Crippen molar-refractivity contribution < 1.29 is 10.0 Å². The Bertz CT molecular complexity index is 353. The second-order valence-corrected chi connectivity index (χ2v) is 6.06. The van der Waals surface area contributed by atoms with Crippen molar-refractivity contribution in [2.45, 2.75) is 40.2 Å². The fourth-order valence-corrected chi connectivity index (χ4v) is 2.20. The molecule has 1 aliphatic heterocycles. The first-order valence-electron chi connectivity index (χ1n) is 6.79. The minimum Gasteiger partial charge on any atom is -0.409 e. The maximum absolute atomic E-state index is 12.0. The van der Waals surface area contributed by atoms with Crippen LogP contribution in [0.15, 0.2) is 5.16 Å². The molecule has 1 atom stereocenters. The highest BCUT2D eigenvalue weighted by Crippen LogP contribution is 2.19. The van der Waals surface area contributed by atoms with Gasteiger partial charge in [-0.3, -0.25) is 4.79 Å². The summed E-state index contributed by atoms with van der Waals surface area (Å²) < 4.78 is 0. The third-order valence-electron chi connectivity index (χ3n) is 3.91. The summed E-state index contributed by atoms with van der Waals surface area (Å²) >= 11 is 0. The Morgan fingerprint density at radius 1 is 1.58 bits per heavy atom. The topological polar surface area (TPSA) is 91.0 Å². The first kappa shape index (κ1) is 15.8. The van der Waals surface area contributed by atoms with Gasteiger partial charge in [-0.05, 0) is 46.6 Å². The minimum atomic E-state index is -0.981. The predicted molar refractivity (Wildman–Crippen MR) is 75.0 cm³/mol. The van der Waals surface area contributed by atoms with Crippen molar-refractivity contribution in [3.63, 3.8) is 0 Å². The van der Waals surface area contributed by atoms with Crippen molar-refractivity contribution in [1.29, 1.82) is 0 Å². The zero-order chi connectivity index (χ0) is 14.6. The van der Waals surface area contributed by atoms with Gasteiger partial charge in [0.1, 0.15) is 5.41 Å². The summed E-state index contributed by atoms with van der Waals surface area (Å²) in [6.07, 6.45) is 1.10. The quantitative estimate of drug-likeness (QED) is 0.295. The largest absolute Gasteiger partial charge is 0.409 e. The number of nitrogens with one attached hydrogen (secondary N) is 1. The number of nitrogens with two attached hydrogens (primary N) is 1. The number of carbonyl (C=O) groups excluding carboxylic acids is 1. The van der Waals surface area contributed by atoms with E-state index in [4.69, 9.17) is 10.9 Å². The smallest absolute Gasteiger partial charge is 0.233 e. The summed E-state index contributed by atoms with van der Waals surface area (Å²) in [5, 5.41) is 14.5. The van der Waals surface area contributed by atoms with E-state index in [-0.39, 0.29) is 11.7 Å². The molecule has 1 saturated heterocycles. The molecule has 0 aromatic heterocycles. The van der Waals surface area contributed by atoms with Crippen LogP contribution in [0.5, 0.6) is 0 Å². The monoisotopic (exact) mass is 270 g/mol. The van der Waals surface area contributed by atoms with Crippen LogP contribution >= 0.6 is 0 Å². The summed E-state index contributed by atoms with van der Waals surface area (Å²) in [4.78, 5) is 14.4. The van der Waals surface area contributed by atoms with E-state index in [1.54, 1.807) is 13.8 Å². The molecular weight excluding hydrogens is 244 g/mol. The van der Waals surface area contributed by atoms with E-state index in [0.717, 1.165) is 19.5 Å². The molecule has 1 rings (SSSR count). The van der Waals surface area contributed by atoms with Gasteiger partial charge >= 0.3 is 0 Å². The second kappa shape index (κ2) is 6.23. The molecule has 1 aliphatic rings. The van der Waals surface area contributed by atoms with Crippen molar-refractivity contribution in [3.8, 4) is 0 Å². The number of hydrogen-bond acceptors (Lipinski definition) is 4. The summed E-state index contributed by atoms with van der Waals surface area (Å²) in [6.45, 7) is 10.4. The number of nitrogens with zero attached hydrogens (tertiary/aromatic N) is 2. The second-order valence-electron chi connectivity index (χ2n) is 6.06. The molecule has 1 heterocycles. The molecule has 1 amide bonds. The van der Waals surface area contributed by atoms with Crippen LogP contribution in [0.2, 0.25) is 0 Å². The molecule has 0 aromatic carbocycles. The van der Waals surface area contributed by atoms with Gasteiger partial charge in [0.15, 0.2) is 5.84 Å². The average molecular weight is 270 g/mol. The molecule has 0 bridgehead atoms. The molecule has 110 valence electrons. The van der Waals surface area contributed by atoms with Crippen LogP contribution in [0.3, 0.4) is 0 Å². The van der Waals surface area contributed by atoms with Gasteiger partial charge in [0.2, 0.25) is 5.91 Å². The predicted octanol–water partition coefficient (Wildman–Crippen LogP) is 0.606. The Hall–Kier alpha value is -1.30. The van der Waals surface area contributed by atoms with Gasteiger partial charge in [0.05, 0.1) is 0 Å². The van der Waals surface area contributed by atoms with Crippen LogP contribution in [0.1, 0.15) is 34.1 Å². The van der Waals surface area contributed by atoms with Crippen LogP contribution in [0.25, 0.3) is 0 Å². The lowest BCUT2D eigenvalue weighted by molar-refractivity contribution is -0.126. The van der Waals surface area contributed by atoms with Crippen LogP contribution in [0.4, 0.5) is 0 Å². The van der Waals surface area contributed by atoms with E-state index in [1.165, 1.54) is 0 Å². The van der Waals surface area contributed by atoms with Gasteiger partial charge in [0, 0.05) is 19.1 Å². The van der Waals surface area contributed by atoms with Crippen LogP contribution in [-0.2, 0) is 4.79 Å². The SMILES string of the molecule is CC(C)N1CCC(CNC(=O)C(C)(C)C(N)=NO)C1.